The van der Waals surface area contributed by atoms with Crippen LogP contribution in [-0.4, -0.2) is 20.8 Å². The van der Waals surface area contributed by atoms with Crippen LogP contribution >= 0.6 is 23.2 Å². The molecule has 1 saturated carbocycles. The lowest BCUT2D eigenvalue weighted by Crippen LogP contribution is -2.16. The molecule has 1 heterocycles. The Kier molecular flexibility index (Phi) is 3.73. The van der Waals surface area contributed by atoms with Gasteiger partial charge < -0.3 is 5.32 Å². The first kappa shape index (κ1) is 12.9. The van der Waals surface area contributed by atoms with Gasteiger partial charge in [-0.05, 0) is 25.0 Å². The van der Waals surface area contributed by atoms with E-state index in [0.717, 1.165) is 11.4 Å². The Hall–Kier alpha value is -1.10. The third-order valence-corrected chi connectivity index (χ3v) is 3.80. The minimum absolute atomic E-state index is 0.537. The topological polar surface area (TPSA) is 42.7 Å². The van der Waals surface area contributed by atoms with Crippen molar-refractivity contribution in [2.45, 2.75) is 32.0 Å². The van der Waals surface area contributed by atoms with Gasteiger partial charge >= 0.3 is 0 Å². The minimum atomic E-state index is 0.537. The normalized spacial score (nSPS) is 14.8. The van der Waals surface area contributed by atoms with Crippen LogP contribution in [0.15, 0.2) is 24.5 Å². The van der Waals surface area contributed by atoms with Crippen molar-refractivity contribution in [3.8, 4) is 0 Å². The van der Waals surface area contributed by atoms with Crippen LogP contribution < -0.4 is 5.32 Å². The third-order valence-electron chi connectivity index (χ3n) is 3.09. The Morgan fingerprint density at radius 1 is 1.26 bits per heavy atom. The molecule has 1 aromatic heterocycles. The van der Waals surface area contributed by atoms with E-state index in [1.165, 1.54) is 12.8 Å². The van der Waals surface area contributed by atoms with Gasteiger partial charge in [0, 0.05) is 21.7 Å². The summed E-state index contributed by atoms with van der Waals surface area (Å²) < 4.78 is 1.76. The molecule has 0 spiro atoms. The summed E-state index contributed by atoms with van der Waals surface area (Å²) in [5, 5.41) is 9.10. The maximum Gasteiger partial charge on any atom is 0.164 e. The summed E-state index contributed by atoms with van der Waals surface area (Å²) in [5.74, 6) is 0.801. The van der Waals surface area contributed by atoms with Crippen LogP contribution in [0, 0.1) is 0 Å². The zero-order chi connectivity index (χ0) is 13.2. The fourth-order valence-electron chi connectivity index (χ4n) is 1.86. The summed E-state index contributed by atoms with van der Waals surface area (Å²) in [6.45, 7) is 1.25. The Bertz CT molecular complexity index is 558. The van der Waals surface area contributed by atoms with E-state index in [1.807, 2.05) is 18.2 Å². The average Bonchev–Trinajstić information content (AvgIpc) is 3.11. The quantitative estimate of drug-likeness (QED) is 0.922. The maximum atomic E-state index is 6.14. The van der Waals surface area contributed by atoms with E-state index in [2.05, 4.69) is 15.4 Å². The largest absolute Gasteiger partial charge is 0.307 e. The van der Waals surface area contributed by atoms with Gasteiger partial charge in [-0.1, -0.05) is 29.3 Å². The van der Waals surface area contributed by atoms with Gasteiger partial charge in [0.05, 0.1) is 13.1 Å². The van der Waals surface area contributed by atoms with Crippen molar-refractivity contribution in [2.75, 3.05) is 0 Å². The first-order valence-corrected chi connectivity index (χ1v) is 7.02. The van der Waals surface area contributed by atoms with Gasteiger partial charge in [0.25, 0.3) is 0 Å². The molecule has 1 aliphatic carbocycles. The second kappa shape index (κ2) is 5.49. The second-order valence-electron chi connectivity index (χ2n) is 4.71. The van der Waals surface area contributed by atoms with Crippen molar-refractivity contribution in [2.24, 2.45) is 0 Å². The number of aromatic nitrogens is 3. The highest BCUT2D eigenvalue weighted by molar-refractivity contribution is 6.35. The number of halogens is 2. The predicted octanol–water partition coefficient (Wildman–Crippen LogP) is 2.89. The number of nitrogens with zero attached hydrogens (tertiary/aromatic N) is 3. The van der Waals surface area contributed by atoms with E-state index in [9.17, 15) is 0 Å². The minimum Gasteiger partial charge on any atom is -0.307 e. The molecule has 4 nitrogen and oxygen atoms in total. The molecule has 0 aliphatic heterocycles. The summed E-state index contributed by atoms with van der Waals surface area (Å²) in [6.07, 6.45) is 4.23. The summed E-state index contributed by atoms with van der Waals surface area (Å²) in [4.78, 5) is 4.27. The Balaban J connectivity index is 1.68. The summed E-state index contributed by atoms with van der Waals surface area (Å²) in [6, 6.07) is 6.15. The third kappa shape index (κ3) is 3.26. The first-order valence-electron chi connectivity index (χ1n) is 6.27. The molecule has 1 aliphatic rings. The molecular weight excluding hydrogens is 283 g/mol. The maximum absolute atomic E-state index is 6.14. The predicted molar refractivity (Wildman–Crippen MR) is 75.4 cm³/mol. The highest BCUT2D eigenvalue weighted by Gasteiger charge is 2.20. The Morgan fingerprint density at radius 2 is 2.00 bits per heavy atom. The summed E-state index contributed by atoms with van der Waals surface area (Å²) in [7, 11) is 0. The van der Waals surface area contributed by atoms with Gasteiger partial charge in [0.2, 0.25) is 0 Å². The molecule has 0 radical (unpaired) electrons. The molecule has 0 unspecified atom stereocenters. The van der Waals surface area contributed by atoms with Crippen molar-refractivity contribution in [3.05, 3.63) is 46.0 Å². The fraction of sp³-hybridized carbons (Fsp3) is 0.385. The highest BCUT2D eigenvalue weighted by Crippen LogP contribution is 2.24. The molecule has 2 aromatic rings. The standard InChI is InChI=1S/C13H14Cl2N4/c14-11-2-1-3-12(15)10(11)7-19-8-17-13(18-19)6-16-9-4-5-9/h1-3,8-9,16H,4-7H2. The molecule has 1 fully saturated rings. The van der Waals surface area contributed by atoms with E-state index in [4.69, 9.17) is 23.2 Å². The van der Waals surface area contributed by atoms with Crippen LogP contribution in [0.2, 0.25) is 10.0 Å². The van der Waals surface area contributed by atoms with Crippen molar-refractivity contribution in [1.29, 1.82) is 0 Å². The second-order valence-corrected chi connectivity index (χ2v) is 5.53. The van der Waals surface area contributed by atoms with Crippen LogP contribution in [0.4, 0.5) is 0 Å². The molecule has 19 heavy (non-hydrogen) atoms. The summed E-state index contributed by atoms with van der Waals surface area (Å²) in [5.41, 5.74) is 0.873. The number of benzene rings is 1. The van der Waals surface area contributed by atoms with Gasteiger partial charge in [-0.25, -0.2) is 9.67 Å². The molecule has 1 aromatic carbocycles. The van der Waals surface area contributed by atoms with E-state index >= 15 is 0 Å². The lowest BCUT2D eigenvalue weighted by Gasteiger charge is -2.06. The van der Waals surface area contributed by atoms with Crippen molar-refractivity contribution in [1.82, 2.24) is 20.1 Å². The zero-order valence-electron chi connectivity index (χ0n) is 10.3. The van der Waals surface area contributed by atoms with Gasteiger partial charge in [0.15, 0.2) is 5.82 Å². The van der Waals surface area contributed by atoms with Crippen molar-refractivity contribution in [3.63, 3.8) is 0 Å². The average molecular weight is 297 g/mol. The molecule has 1 N–H and O–H groups in total. The van der Waals surface area contributed by atoms with E-state index in [0.29, 0.717) is 29.2 Å². The monoisotopic (exact) mass is 296 g/mol. The number of hydrogen-bond acceptors (Lipinski definition) is 3. The van der Waals surface area contributed by atoms with Crippen LogP contribution in [0.3, 0.4) is 0 Å². The molecule has 0 saturated heterocycles. The number of hydrogen-bond donors (Lipinski definition) is 1. The molecule has 6 heteroatoms. The van der Waals surface area contributed by atoms with Gasteiger partial charge in [0.1, 0.15) is 6.33 Å². The van der Waals surface area contributed by atoms with E-state index in [1.54, 1.807) is 11.0 Å². The summed E-state index contributed by atoms with van der Waals surface area (Å²) >= 11 is 12.3. The zero-order valence-corrected chi connectivity index (χ0v) is 11.8. The Labute approximate surface area is 121 Å². The van der Waals surface area contributed by atoms with Gasteiger partial charge in [-0.3, -0.25) is 0 Å². The molecule has 100 valence electrons. The smallest absolute Gasteiger partial charge is 0.164 e. The van der Waals surface area contributed by atoms with E-state index in [-0.39, 0.29) is 0 Å². The van der Waals surface area contributed by atoms with Crippen LogP contribution in [0.1, 0.15) is 24.2 Å². The van der Waals surface area contributed by atoms with Gasteiger partial charge in [-0.2, -0.15) is 5.10 Å². The highest BCUT2D eigenvalue weighted by atomic mass is 35.5. The van der Waals surface area contributed by atoms with E-state index < -0.39 is 0 Å². The lowest BCUT2D eigenvalue weighted by molar-refractivity contribution is 0.628. The fourth-order valence-corrected chi connectivity index (χ4v) is 2.38. The molecule has 0 atom stereocenters. The molecule has 0 bridgehead atoms. The molecule has 0 amide bonds. The number of nitrogens with one attached hydrogen (secondary N) is 1. The molecular formula is C13H14Cl2N4. The Morgan fingerprint density at radius 3 is 2.68 bits per heavy atom. The van der Waals surface area contributed by atoms with Crippen molar-refractivity contribution >= 4 is 23.2 Å². The van der Waals surface area contributed by atoms with Crippen LogP contribution in [0.25, 0.3) is 0 Å². The SMILES string of the molecule is Clc1cccc(Cl)c1Cn1cnc(CNC2CC2)n1. The van der Waals surface area contributed by atoms with Crippen LogP contribution in [0.5, 0.6) is 0 Å². The van der Waals surface area contributed by atoms with Crippen molar-refractivity contribution < 1.29 is 0 Å². The number of rotatable bonds is 5. The molecule has 3 rings (SSSR count). The lowest BCUT2D eigenvalue weighted by atomic mass is 10.2. The first-order chi connectivity index (χ1) is 9.22. The van der Waals surface area contributed by atoms with Gasteiger partial charge in [-0.15, -0.1) is 0 Å². The van der Waals surface area contributed by atoms with Crippen LogP contribution in [-0.2, 0) is 13.1 Å².